The summed E-state index contributed by atoms with van der Waals surface area (Å²) in [7, 11) is 0. The van der Waals surface area contributed by atoms with Crippen LogP contribution < -0.4 is 10.6 Å². The lowest BCUT2D eigenvalue weighted by Crippen LogP contribution is -2.32. The molecule has 1 aliphatic rings. The van der Waals surface area contributed by atoms with E-state index in [0.29, 0.717) is 6.04 Å². The molecule has 1 rings (SSSR count). The Hall–Kier alpha value is -0.0800. The van der Waals surface area contributed by atoms with Crippen LogP contribution in [0.2, 0.25) is 0 Å². The van der Waals surface area contributed by atoms with Crippen LogP contribution in [-0.4, -0.2) is 25.7 Å². The second-order valence-electron chi connectivity index (χ2n) is 5.15. The fourth-order valence-corrected chi connectivity index (χ4v) is 2.39. The van der Waals surface area contributed by atoms with Crippen molar-refractivity contribution in [1.82, 2.24) is 10.6 Å². The molecule has 0 aromatic rings. The average Bonchev–Trinajstić information content (AvgIpc) is 2.68. The molecule has 0 saturated heterocycles. The normalized spacial score (nSPS) is 17.8. The van der Waals surface area contributed by atoms with Gasteiger partial charge < -0.3 is 10.6 Å². The van der Waals surface area contributed by atoms with Gasteiger partial charge in [0.25, 0.3) is 0 Å². The van der Waals surface area contributed by atoms with Crippen LogP contribution in [0.4, 0.5) is 0 Å². The first kappa shape index (κ1) is 13.0. The molecule has 0 unspecified atom stereocenters. The molecule has 2 heteroatoms. The zero-order valence-electron chi connectivity index (χ0n) is 10.5. The molecule has 0 amide bonds. The molecule has 0 heterocycles. The fourth-order valence-electron chi connectivity index (χ4n) is 2.39. The Morgan fingerprint density at radius 1 is 1.07 bits per heavy atom. The molecule has 2 nitrogen and oxygen atoms in total. The largest absolute Gasteiger partial charge is 0.315 e. The van der Waals surface area contributed by atoms with E-state index < -0.39 is 0 Å². The van der Waals surface area contributed by atoms with E-state index in [1.807, 2.05) is 0 Å². The van der Waals surface area contributed by atoms with Crippen LogP contribution in [0.5, 0.6) is 0 Å². The summed E-state index contributed by atoms with van der Waals surface area (Å²) in [6.07, 6.45) is 8.77. The molecule has 0 spiro atoms. The first-order valence-electron chi connectivity index (χ1n) is 6.73. The summed E-state index contributed by atoms with van der Waals surface area (Å²) in [4.78, 5) is 0. The van der Waals surface area contributed by atoms with Gasteiger partial charge in [0.2, 0.25) is 0 Å². The van der Waals surface area contributed by atoms with E-state index in [4.69, 9.17) is 0 Å². The standard InChI is InChI=1S/C13H28N2/c1-12(2)15-11-10-14-9-5-8-13-6-3-4-7-13/h12-15H,3-11H2,1-2H3. The van der Waals surface area contributed by atoms with E-state index in [9.17, 15) is 0 Å². The minimum atomic E-state index is 0.616. The highest BCUT2D eigenvalue weighted by Gasteiger charge is 2.13. The summed E-state index contributed by atoms with van der Waals surface area (Å²) in [5.41, 5.74) is 0. The van der Waals surface area contributed by atoms with Crippen LogP contribution >= 0.6 is 0 Å². The molecule has 0 aromatic carbocycles. The van der Waals surface area contributed by atoms with Crippen molar-refractivity contribution in [1.29, 1.82) is 0 Å². The smallest absolute Gasteiger partial charge is 0.00790 e. The van der Waals surface area contributed by atoms with Gasteiger partial charge in [0, 0.05) is 19.1 Å². The van der Waals surface area contributed by atoms with Crippen molar-refractivity contribution in [2.75, 3.05) is 19.6 Å². The van der Waals surface area contributed by atoms with Crippen molar-refractivity contribution in [3.63, 3.8) is 0 Å². The monoisotopic (exact) mass is 212 g/mol. The average molecular weight is 212 g/mol. The minimum absolute atomic E-state index is 0.616. The summed E-state index contributed by atoms with van der Waals surface area (Å²) in [6, 6.07) is 0.616. The third kappa shape index (κ3) is 6.91. The number of nitrogens with one attached hydrogen (secondary N) is 2. The molecule has 0 atom stereocenters. The summed E-state index contributed by atoms with van der Waals surface area (Å²) in [5.74, 6) is 1.06. The van der Waals surface area contributed by atoms with Crippen LogP contribution in [0.15, 0.2) is 0 Å². The van der Waals surface area contributed by atoms with Crippen molar-refractivity contribution in [2.24, 2.45) is 5.92 Å². The highest BCUT2D eigenvalue weighted by molar-refractivity contribution is 4.67. The quantitative estimate of drug-likeness (QED) is 0.604. The third-order valence-corrected chi connectivity index (χ3v) is 3.30. The van der Waals surface area contributed by atoms with Gasteiger partial charge in [0.15, 0.2) is 0 Å². The van der Waals surface area contributed by atoms with E-state index in [2.05, 4.69) is 24.5 Å². The van der Waals surface area contributed by atoms with Crippen molar-refractivity contribution in [3.8, 4) is 0 Å². The summed E-state index contributed by atoms with van der Waals surface area (Å²) in [5, 5.41) is 6.92. The van der Waals surface area contributed by atoms with Crippen LogP contribution in [0.3, 0.4) is 0 Å². The van der Waals surface area contributed by atoms with Gasteiger partial charge in [-0.05, 0) is 25.3 Å². The lowest BCUT2D eigenvalue weighted by atomic mass is 10.0. The Morgan fingerprint density at radius 2 is 1.80 bits per heavy atom. The molecule has 0 bridgehead atoms. The van der Waals surface area contributed by atoms with Gasteiger partial charge in [-0.3, -0.25) is 0 Å². The van der Waals surface area contributed by atoms with Gasteiger partial charge in [-0.15, -0.1) is 0 Å². The molecule has 1 fully saturated rings. The molecular formula is C13H28N2. The molecule has 1 saturated carbocycles. The maximum atomic E-state index is 3.50. The van der Waals surface area contributed by atoms with Gasteiger partial charge in [0.05, 0.1) is 0 Å². The van der Waals surface area contributed by atoms with Crippen molar-refractivity contribution in [2.45, 2.75) is 58.4 Å². The first-order valence-corrected chi connectivity index (χ1v) is 6.73. The van der Waals surface area contributed by atoms with Gasteiger partial charge in [0.1, 0.15) is 0 Å². The highest BCUT2D eigenvalue weighted by atomic mass is 14.9. The first-order chi connectivity index (χ1) is 7.29. The predicted octanol–water partition coefficient (Wildman–Crippen LogP) is 2.54. The number of rotatable bonds is 8. The topological polar surface area (TPSA) is 24.1 Å². The van der Waals surface area contributed by atoms with E-state index in [0.717, 1.165) is 19.0 Å². The number of hydrogen-bond acceptors (Lipinski definition) is 2. The molecule has 1 aliphatic carbocycles. The number of hydrogen-bond donors (Lipinski definition) is 2. The summed E-state index contributed by atoms with van der Waals surface area (Å²) >= 11 is 0. The van der Waals surface area contributed by atoms with Crippen LogP contribution in [0, 0.1) is 5.92 Å². The second-order valence-corrected chi connectivity index (χ2v) is 5.15. The zero-order chi connectivity index (χ0) is 10.9. The van der Waals surface area contributed by atoms with Gasteiger partial charge in [-0.1, -0.05) is 39.5 Å². The lowest BCUT2D eigenvalue weighted by Gasteiger charge is -2.10. The van der Waals surface area contributed by atoms with E-state index >= 15 is 0 Å². The van der Waals surface area contributed by atoms with Gasteiger partial charge in [-0.25, -0.2) is 0 Å². The van der Waals surface area contributed by atoms with Crippen molar-refractivity contribution in [3.05, 3.63) is 0 Å². The lowest BCUT2D eigenvalue weighted by molar-refractivity contribution is 0.466. The minimum Gasteiger partial charge on any atom is -0.315 e. The van der Waals surface area contributed by atoms with E-state index in [-0.39, 0.29) is 0 Å². The van der Waals surface area contributed by atoms with Crippen molar-refractivity contribution >= 4 is 0 Å². The van der Waals surface area contributed by atoms with E-state index in [1.54, 1.807) is 0 Å². The van der Waals surface area contributed by atoms with Crippen LogP contribution in [0.1, 0.15) is 52.4 Å². The van der Waals surface area contributed by atoms with Gasteiger partial charge in [-0.2, -0.15) is 0 Å². The summed E-state index contributed by atoms with van der Waals surface area (Å²) in [6.45, 7) is 7.81. The Morgan fingerprint density at radius 3 is 2.47 bits per heavy atom. The Balaban J connectivity index is 1.76. The van der Waals surface area contributed by atoms with Crippen LogP contribution in [-0.2, 0) is 0 Å². The summed E-state index contributed by atoms with van der Waals surface area (Å²) < 4.78 is 0. The molecule has 90 valence electrons. The fraction of sp³-hybridized carbons (Fsp3) is 1.00. The molecular weight excluding hydrogens is 184 g/mol. The maximum absolute atomic E-state index is 3.50. The zero-order valence-corrected chi connectivity index (χ0v) is 10.5. The van der Waals surface area contributed by atoms with E-state index in [1.165, 1.54) is 45.1 Å². The molecule has 0 aromatic heterocycles. The SMILES string of the molecule is CC(C)NCCNCCCC1CCCC1. The Bertz CT molecular complexity index is 139. The van der Waals surface area contributed by atoms with Crippen molar-refractivity contribution < 1.29 is 0 Å². The second kappa shape index (κ2) is 8.12. The van der Waals surface area contributed by atoms with Gasteiger partial charge >= 0.3 is 0 Å². The van der Waals surface area contributed by atoms with Crippen LogP contribution in [0.25, 0.3) is 0 Å². The Kier molecular flexibility index (Phi) is 7.03. The molecule has 2 N–H and O–H groups in total. The molecule has 15 heavy (non-hydrogen) atoms. The molecule has 0 aliphatic heterocycles. The molecule has 0 radical (unpaired) electrons. The maximum Gasteiger partial charge on any atom is 0.00790 e. The third-order valence-electron chi connectivity index (χ3n) is 3.30. The predicted molar refractivity (Wildman–Crippen MR) is 67.2 cm³/mol. The Labute approximate surface area is 95.2 Å². The highest BCUT2D eigenvalue weighted by Crippen LogP contribution is 2.28.